The molecule has 2 heterocycles. The SMILES string of the molecule is Cn1c(=O)n(C)c2cc(S(=O)(=O)Nc3ccc(=O)n(Cc4ccccc4Cl)c3)ccc21. The zero-order chi connectivity index (χ0) is 22.3. The molecule has 10 heteroatoms. The molecule has 0 spiro atoms. The van der Waals surface area contributed by atoms with Crippen molar-refractivity contribution in [3.05, 3.63) is 92.2 Å². The Morgan fingerprint density at radius 3 is 2.39 bits per heavy atom. The van der Waals surface area contributed by atoms with Gasteiger partial charge in [0.1, 0.15) is 0 Å². The number of halogens is 1. The van der Waals surface area contributed by atoms with Crippen molar-refractivity contribution in [1.82, 2.24) is 13.7 Å². The number of aromatic nitrogens is 3. The monoisotopic (exact) mass is 458 g/mol. The van der Waals surface area contributed by atoms with Gasteiger partial charge < -0.3 is 4.57 Å². The van der Waals surface area contributed by atoms with Crippen molar-refractivity contribution in [3.63, 3.8) is 0 Å². The number of fused-ring (bicyclic) bond motifs is 1. The largest absolute Gasteiger partial charge is 0.328 e. The number of imidazole rings is 1. The maximum absolute atomic E-state index is 12.9. The third kappa shape index (κ3) is 3.89. The average molecular weight is 459 g/mol. The topological polar surface area (TPSA) is 95.1 Å². The van der Waals surface area contributed by atoms with Gasteiger partial charge in [0.15, 0.2) is 0 Å². The molecule has 0 fully saturated rings. The van der Waals surface area contributed by atoms with Crippen molar-refractivity contribution in [2.24, 2.45) is 14.1 Å². The van der Waals surface area contributed by atoms with Gasteiger partial charge in [0.05, 0.1) is 28.2 Å². The number of rotatable bonds is 5. The molecule has 31 heavy (non-hydrogen) atoms. The van der Waals surface area contributed by atoms with Crippen LogP contribution >= 0.6 is 11.6 Å². The minimum Gasteiger partial charge on any atom is -0.309 e. The predicted octanol–water partition coefficient (Wildman–Crippen LogP) is 2.54. The molecule has 160 valence electrons. The molecule has 0 bridgehead atoms. The molecular formula is C21H19ClN4O4S. The molecular weight excluding hydrogens is 440 g/mol. The molecule has 1 N–H and O–H groups in total. The number of hydrogen-bond donors (Lipinski definition) is 1. The molecule has 2 aromatic heterocycles. The first kappa shape index (κ1) is 21.0. The van der Waals surface area contributed by atoms with Crippen molar-refractivity contribution in [3.8, 4) is 0 Å². The quantitative estimate of drug-likeness (QED) is 0.497. The van der Waals surface area contributed by atoms with E-state index in [0.717, 1.165) is 5.56 Å². The normalized spacial score (nSPS) is 11.7. The Morgan fingerprint density at radius 2 is 1.65 bits per heavy atom. The summed E-state index contributed by atoms with van der Waals surface area (Å²) in [5.41, 5.74) is 1.56. The molecule has 0 aliphatic rings. The summed E-state index contributed by atoms with van der Waals surface area (Å²) in [6, 6.07) is 14.3. The summed E-state index contributed by atoms with van der Waals surface area (Å²) < 4.78 is 32.6. The van der Waals surface area contributed by atoms with Gasteiger partial charge in [-0.2, -0.15) is 0 Å². The minimum atomic E-state index is -3.95. The highest BCUT2D eigenvalue weighted by Gasteiger charge is 2.18. The van der Waals surface area contributed by atoms with Gasteiger partial charge in [0.2, 0.25) is 0 Å². The number of hydrogen-bond acceptors (Lipinski definition) is 4. The van der Waals surface area contributed by atoms with Crippen LogP contribution in [-0.4, -0.2) is 22.1 Å². The fourth-order valence-electron chi connectivity index (χ4n) is 3.39. The third-order valence-corrected chi connectivity index (χ3v) is 6.84. The Kier molecular flexibility index (Phi) is 5.24. The Balaban J connectivity index is 1.68. The number of pyridine rings is 1. The first-order chi connectivity index (χ1) is 14.7. The maximum atomic E-state index is 12.9. The van der Waals surface area contributed by atoms with Gasteiger partial charge in [0.25, 0.3) is 15.6 Å². The number of benzene rings is 2. The van der Waals surface area contributed by atoms with Crippen molar-refractivity contribution in [2.45, 2.75) is 11.4 Å². The predicted molar refractivity (Wildman–Crippen MR) is 120 cm³/mol. The Morgan fingerprint density at radius 1 is 0.935 bits per heavy atom. The lowest BCUT2D eigenvalue weighted by Crippen LogP contribution is -2.21. The van der Waals surface area contributed by atoms with Crippen LogP contribution in [0.1, 0.15) is 5.56 Å². The lowest BCUT2D eigenvalue weighted by atomic mass is 10.2. The lowest BCUT2D eigenvalue weighted by molar-refractivity contribution is 0.601. The van der Waals surface area contributed by atoms with Crippen LogP contribution in [0.3, 0.4) is 0 Å². The molecule has 0 unspecified atom stereocenters. The summed E-state index contributed by atoms with van der Waals surface area (Å²) in [7, 11) is -0.745. The van der Waals surface area contributed by atoms with Gasteiger partial charge >= 0.3 is 5.69 Å². The van der Waals surface area contributed by atoms with Crippen molar-refractivity contribution in [2.75, 3.05) is 4.72 Å². The van der Waals surface area contributed by atoms with Gasteiger partial charge in [0, 0.05) is 31.4 Å². The van der Waals surface area contributed by atoms with E-state index in [1.807, 2.05) is 6.07 Å². The van der Waals surface area contributed by atoms with Gasteiger partial charge in [-0.1, -0.05) is 29.8 Å². The molecule has 8 nitrogen and oxygen atoms in total. The maximum Gasteiger partial charge on any atom is 0.328 e. The molecule has 4 rings (SSSR count). The van der Waals surface area contributed by atoms with E-state index in [1.165, 1.54) is 44.2 Å². The second-order valence-corrected chi connectivity index (χ2v) is 9.22. The van der Waals surface area contributed by atoms with Crippen LogP contribution in [0.4, 0.5) is 5.69 Å². The summed E-state index contributed by atoms with van der Waals surface area (Å²) in [5.74, 6) is 0. The van der Waals surface area contributed by atoms with Crippen LogP contribution in [0.5, 0.6) is 0 Å². The summed E-state index contributed by atoms with van der Waals surface area (Å²) in [5, 5.41) is 0.516. The number of aryl methyl sites for hydroxylation is 2. The molecule has 4 aromatic rings. The van der Waals surface area contributed by atoms with E-state index in [0.29, 0.717) is 16.1 Å². The van der Waals surface area contributed by atoms with Crippen LogP contribution < -0.4 is 16.0 Å². The molecule has 0 aliphatic carbocycles. The highest BCUT2D eigenvalue weighted by Crippen LogP contribution is 2.21. The molecule has 0 amide bonds. The summed E-state index contributed by atoms with van der Waals surface area (Å²) in [6.07, 6.45) is 1.43. The van der Waals surface area contributed by atoms with Crippen LogP contribution in [0, 0.1) is 0 Å². The van der Waals surface area contributed by atoms with Gasteiger partial charge in [-0.25, -0.2) is 13.2 Å². The van der Waals surface area contributed by atoms with Gasteiger partial charge in [-0.05, 0) is 35.9 Å². The molecule has 0 saturated carbocycles. The Labute approximate surface area is 183 Å². The zero-order valence-electron chi connectivity index (χ0n) is 16.7. The number of nitrogens with one attached hydrogen (secondary N) is 1. The van der Waals surface area contributed by atoms with Crippen LogP contribution in [0.15, 0.2) is 75.3 Å². The van der Waals surface area contributed by atoms with Gasteiger partial charge in [-0.15, -0.1) is 0 Å². The number of anilines is 1. The highest BCUT2D eigenvalue weighted by atomic mass is 35.5. The van der Waals surface area contributed by atoms with E-state index in [4.69, 9.17) is 11.6 Å². The third-order valence-electron chi connectivity index (χ3n) is 5.09. The fraction of sp³-hybridized carbons (Fsp3) is 0.143. The van der Waals surface area contributed by atoms with E-state index in [9.17, 15) is 18.0 Å². The lowest BCUT2D eigenvalue weighted by Gasteiger charge is -2.12. The van der Waals surface area contributed by atoms with Crippen molar-refractivity contribution >= 4 is 38.3 Å². The van der Waals surface area contributed by atoms with Crippen LogP contribution in [-0.2, 0) is 30.7 Å². The summed E-state index contributed by atoms with van der Waals surface area (Å²) in [4.78, 5) is 24.4. The van der Waals surface area contributed by atoms with Gasteiger partial charge in [-0.3, -0.25) is 18.7 Å². The van der Waals surface area contributed by atoms with Crippen LogP contribution in [0.2, 0.25) is 5.02 Å². The fourth-order valence-corrected chi connectivity index (χ4v) is 4.65. The first-order valence-corrected chi connectivity index (χ1v) is 11.2. The number of sulfonamides is 1. The highest BCUT2D eigenvalue weighted by molar-refractivity contribution is 7.92. The van der Waals surface area contributed by atoms with E-state index < -0.39 is 10.0 Å². The molecule has 2 aromatic carbocycles. The second-order valence-electron chi connectivity index (χ2n) is 7.13. The molecule has 0 saturated heterocycles. The number of nitrogens with zero attached hydrogens (tertiary/aromatic N) is 3. The standard InChI is InChI=1S/C21H19ClN4O4S/c1-24-18-9-8-16(11-19(18)25(2)21(24)28)31(29,30)23-15-7-10-20(27)26(13-15)12-14-5-3-4-6-17(14)22/h3-11,13,23H,12H2,1-2H3. The summed E-state index contributed by atoms with van der Waals surface area (Å²) >= 11 is 6.17. The second kappa shape index (κ2) is 7.75. The van der Waals surface area contributed by atoms with E-state index >= 15 is 0 Å². The van der Waals surface area contributed by atoms with Crippen molar-refractivity contribution < 1.29 is 8.42 Å². The zero-order valence-corrected chi connectivity index (χ0v) is 18.3. The molecule has 0 aliphatic heterocycles. The molecule has 0 radical (unpaired) electrons. The Bertz CT molecular complexity index is 1530. The van der Waals surface area contributed by atoms with E-state index in [-0.39, 0.29) is 28.4 Å². The van der Waals surface area contributed by atoms with E-state index in [1.54, 1.807) is 38.4 Å². The smallest absolute Gasteiger partial charge is 0.309 e. The van der Waals surface area contributed by atoms with Crippen LogP contribution in [0.25, 0.3) is 11.0 Å². The average Bonchev–Trinajstić information content (AvgIpc) is 2.95. The minimum absolute atomic E-state index is 0.00468. The van der Waals surface area contributed by atoms with Crippen molar-refractivity contribution in [1.29, 1.82) is 0 Å². The first-order valence-electron chi connectivity index (χ1n) is 9.29. The molecule has 0 atom stereocenters. The summed E-state index contributed by atoms with van der Waals surface area (Å²) in [6.45, 7) is 0.201. The van der Waals surface area contributed by atoms with E-state index in [2.05, 4.69) is 4.72 Å². The Hall–Kier alpha value is -3.30.